The van der Waals surface area contributed by atoms with E-state index in [2.05, 4.69) is 19.1 Å². The number of hydrogen-bond acceptors (Lipinski definition) is 2. The van der Waals surface area contributed by atoms with Crippen molar-refractivity contribution in [2.45, 2.75) is 96.7 Å². The zero-order chi connectivity index (χ0) is 17.3. The number of rotatable bonds is 16. The van der Waals surface area contributed by atoms with E-state index in [1.165, 1.54) is 69.8 Å². The van der Waals surface area contributed by atoms with Crippen LogP contribution in [-0.2, 0) is 11.3 Å². The molecule has 0 saturated heterocycles. The van der Waals surface area contributed by atoms with E-state index >= 15 is 0 Å². The lowest BCUT2D eigenvalue weighted by Crippen LogP contribution is -2.14. The van der Waals surface area contributed by atoms with Crippen molar-refractivity contribution in [2.75, 3.05) is 6.61 Å². The minimum absolute atomic E-state index is 0.198. The van der Waals surface area contributed by atoms with Crippen molar-refractivity contribution in [2.24, 2.45) is 0 Å². The van der Waals surface area contributed by atoms with Gasteiger partial charge in [0.15, 0.2) is 0 Å². The van der Waals surface area contributed by atoms with Gasteiger partial charge in [-0.05, 0) is 18.4 Å². The van der Waals surface area contributed by atoms with Gasteiger partial charge in [-0.15, -0.1) is 0 Å². The van der Waals surface area contributed by atoms with Gasteiger partial charge in [-0.1, -0.05) is 101 Å². The van der Waals surface area contributed by atoms with Gasteiger partial charge in [0.1, 0.15) is 0 Å². The van der Waals surface area contributed by atoms with Gasteiger partial charge in [-0.2, -0.15) is 0 Å². The van der Waals surface area contributed by atoms with Crippen LogP contribution in [0.5, 0.6) is 0 Å². The Bertz CT molecular complexity index is 363. The Morgan fingerprint density at radius 3 is 1.96 bits per heavy atom. The molecular weight excluding hydrogens is 296 g/mol. The summed E-state index contributed by atoms with van der Waals surface area (Å²) >= 11 is 0. The van der Waals surface area contributed by atoms with E-state index in [4.69, 9.17) is 4.74 Å². The molecule has 0 spiro atoms. The topological polar surface area (TPSA) is 29.5 Å². The Hall–Kier alpha value is -0.860. The van der Waals surface area contributed by atoms with Gasteiger partial charge >= 0.3 is 0 Å². The number of aliphatic hydroxyl groups excluding tert-OH is 1. The Labute approximate surface area is 149 Å². The normalized spacial score (nSPS) is 12.4. The molecule has 0 aliphatic rings. The molecule has 0 aromatic heterocycles. The Kier molecular flexibility index (Phi) is 13.8. The highest BCUT2D eigenvalue weighted by Gasteiger charge is 2.08. The van der Waals surface area contributed by atoms with Crippen LogP contribution in [0.25, 0.3) is 0 Å². The number of aliphatic hydroxyl groups is 1. The molecule has 0 aliphatic heterocycles. The van der Waals surface area contributed by atoms with Gasteiger partial charge < -0.3 is 9.84 Å². The molecule has 24 heavy (non-hydrogen) atoms. The van der Waals surface area contributed by atoms with Crippen molar-refractivity contribution in [3.05, 3.63) is 35.9 Å². The highest BCUT2D eigenvalue weighted by molar-refractivity contribution is 5.13. The monoisotopic (exact) mass is 334 g/mol. The van der Waals surface area contributed by atoms with Crippen molar-refractivity contribution < 1.29 is 9.84 Å². The lowest BCUT2D eigenvalue weighted by molar-refractivity contribution is 0.0174. The Morgan fingerprint density at radius 2 is 1.38 bits per heavy atom. The summed E-state index contributed by atoms with van der Waals surface area (Å²) in [6.45, 7) is 3.15. The standard InChI is InChI=1S/C22H38O2/c1-2-3-4-5-6-7-8-9-10-14-17-22(18-19-23)24-20-21-15-12-11-13-16-21/h11-13,15-16,22-23H,2-10,14,17-20H2,1H3/t22-/m1/s1. The van der Waals surface area contributed by atoms with Crippen LogP contribution in [0.15, 0.2) is 30.3 Å². The zero-order valence-corrected chi connectivity index (χ0v) is 15.7. The van der Waals surface area contributed by atoms with E-state index in [1.807, 2.05) is 18.2 Å². The van der Waals surface area contributed by atoms with E-state index in [-0.39, 0.29) is 12.7 Å². The maximum atomic E-state index is 9.22. The average Bonchev–Trinajstić information content (AvgIpc) is 2.62. The van der Waals surface area contributed by atoms with Gasteiger partial charge in [0.05, 0.1) is 12.7 Å². The van der Waals surface area contributed by atoms with Crippen LogP contribution in [0.3, 0.4) is 0 Å². The van der Waals surface area contributed by atoms with Gasteiger partial charge in [0.25, 0.3) is 0 Å². The average molecular weight is 335 g/mol. The fraction of sp³-hybridized carbons (Fsp3) is 0.727. The van der Waals surface area contributed by atoms with Crippen molar-refractivity contribution in [1.29, 1.82) is 0 Å². The molecule has 138 valence electrons. The van der Waals surface area contributed by atoms with E-state index < -0.39 is 0 Å². The maximum absolute atomic E-state index is 9.22. The van der Waals surface area contributed by atoms with Crippen LogP contribution >= 0.6 is 0 Å². The highest BCUT2D eigenvalue weighted by Crippen LogP contribution is 2.15. The van der Waals surface area contributed by atoms with Crippen LogP contribution in [0.1, 0.15) is 89.5 Å². The predicted molar refractivity (Wildman–Crippen MR) is 103 cm³/mol. The third-order valence-corrected chi connectivity index (χ3v) is 4.66. The third-order valence-electron chi connectivity index (χ3n) is 4.66. The number of ether oxygens (including phenoxy) is 1. The number of benzene rings is 1. The Balaban J connectivity index is 2.01. The van der Waals surface area contributed by atoms with E-state index in [9.17, 15) is 5.11 Å². The summed E-state index contributed by atoms with van der Waals surface area (Å²) in [6, 6.07) is 10.3. The second-order valence-corrected chi connectivity index (χ2v) is 6.90. The molecule has 0 amide bonds. The minimum Gasteiger partial charge on any atom is -0.396 e. The van der Waals surface area contributed by atoms with Crippen LogP contribution in [0.2, 0.25) is 0 Å². The van der Waals surface area contributed by atoms with E-state index in [1.54, 1.807) is 0 Å². The maximum Gasteiger partial charge on any atom is 0.0720 e. The second kappa shape index (κ2) is 15.7. The van der Waals surface area contributed by atoms with Crippen molar-refractivity contribution in [3.63, 3.8) is 0 Å². The first-order chi connectivity index (χ1) is 11.9. The van der Waals surface area contributed by atoms with E-state index in [0.29, 0.717) is 6.61 Å². The van der Waals surface area contributed by atoms with Gasteiger partial charge in [-0.25, -0.2) is 0 Å². The molecule has 1 rings (SSSR count). The number of hydrogen-bond donors (Lipinski definition) is 1. The largest absolute Gasteiger partial charge is 0.396 e. The van der Waals surface area contributed by atoms with Gasteiger partial charge in [-0.3, -0.25) is 0 Å². The summed E-state index contributed by atoms with van der Waals surface area (Å²) in [5.41, 5.74) is 1.21. The summed E-state index contributed by atoms with van der Waals surface area (Å²) in [7, 11) is 0. The molecule has 0 fully saturated rings. The highest BCUT2D eigenvalue weighted by atomic mass is 16.5. The molecule has 1 aromatic rings. The SMILES string of the molecule is CCCCCCCCCCCC[C@H](CCO)OCc1ccccc1. The lowest BCUT2D eigenvalue weighted by atomic mass is 10.0. The Morgan fingerprint density at radius 1 is 0.792 bits per heavy atom. The third kappa shape index (κ3) is 11.6. The summed E-state index contributed by atoms with van der Waals surface area (Å²) in [5.74, 6) is 0. The first kappa shape index (κ1) is 21.2. The zero-order valence-electron chi connectivity index (χ0n) is 15.7. The molecule has 1 aromatic carbocycles. The molecule has 0 aliphatic carbocycles. The summed E-state index contributed by atoms with van der Waals surface area (Å²) in [6.07, 6.45) is 15.6. The van der Waals surface area contributed by atoms with Crippen LogP contribution in [0, 0.1) is 0 Å². The van der Waals surface area contributed by atoms with Crippen molar-refractivity contribution in [1.82, 2.24) is 0 Å². The molecule has 1 N–H and O–H groups in total. The molecule has 2 nitrogen and oxygen atoms in total. The first-order valence-corrected chi connectivity index (χ1v) is 10.1. The van der Waals surface area contributed by atoms with Crippen LogP contribution < -0.4 is 0 Å². The molecule has 0 heterocycles. The smallest absolute Gasteiger partial charge is 0.0720 e. The molecular formula is C22H38O2. The first-order valence-electron chi connectivity index (χ1n) is 10.1. The lowest BCUT2D eigenvalue weighted by Gasteiger charge is -2.17. The molecule has 0 saturated carbocycles. The van der Waals surface area contributed by atoms with Crippen LogP contribution in [0.4, 0.5) is 0 Å². The minimum atomic E-state index is 0.198. The quantitative estimate of drug-likeness (QED) is 0.361. The van der Waals surface area contributed by atoms with Crippen molar-refractivity contribution in [3.8, 4) is 0 Å². The molecule has 0 radical (unpaired) electrons. The summed E-state index contributed by atoms with van der Waals surface area (Å²) < 4.78 is 5.99. The summed E-state index contributed by atoms with van der Waals surface area (Å²) in [5, 5.41) is 9.22. The van der Waals surface area contributed by atoms with Gasteiger partial charge in [0.2, 0.25) is 0 Å². The van der Waals surface area contributed by atoms with Crippen LogP contribution in [-0.4, -0.2) is 17.8 Å². The molecule has 0 bridgehead atoms. The fourth-order valence-electron chi connectivity index (χ4n) is 3.10. The molecule has 1 atom stereocenters. The molecule has 2 heteroatoms. The van der Waals surface area contributed by atoms with E-state index in [0.717, 1.165) is 12.8 Å². The van der Waals surface area contributed by atoms with Gasteiger partial charge in [0, 0.05) is 6.61 Å². The molecule has 0 unspecified atom stereocenters. The van der Waals surface area contributed by atoms with Crippen molar-refractivity contribution >= 4 is 0 Å². The summed E-state index contributed by atoms with van der Waals surface area (Å²) in [4.78, 5) is 0. The number of unbranched alkanes of at least 4 members (excludes halogenated alkanes) is 9. The predicted octanol–water partition coefficient (Wildman–Crippen LogP) is 6.27. The second-order valence-electron chi connectivity index (χ2n) is 6.90. The fourth-order valence-corrected chi connectivity index (χ4v) is 3.10.